The molecule has 1 aliphatic heterocycles. The second kappa shape index (κ2) is 15.2. The van der Waals surface area contributed by atoms with E-state index >= 15 is 4.39 Å². The number of methoxy groups -OCH3 is 1. The van der Waals surface area contributed by atoms with E-state index in [0.29, 0.717) is 35.4 Å². The number of amides is 1. The molecule has 0 aromatic heterocycles. The number of benzene rings is 2. The van der Waals surface area contributed by atoms with Gasteiger partial charge in [0, 0.05) is 48.3 Å². The lowest BCUT2D eigenvalue weighted by atomic mass is 9.73. The van der Waals surface area contributed by atoms with Crippen LogP contribution in [0.15, 0.2) is 36.4 Å². The molecule has 1 amide bonds. The molecule has 4 fully saturated rings. The molecule has 3 bridgehead atoms. The Morgan fingerprint density at radius 3 is 2.57 bits per heavy atom. The van der Waals surface area contributed by atoms with E-state index in [0.717, 1.165) is 55.7 Å². The summed E-state index contributed by atoms with van der Waals surface area (Å²) in [4.78, 5) is 18.4. The Morgan fingerprint density at radius 1 is 1.10 bits per heavy atom. The fourth-order valence-corrected chi connectivity index (χ4v) is 11.8. The van der Waals surface area contributed by atoms with Crippen LogP contribution in [-0.4, -0.2) is 79.6 Å². The maximum absolute atomic E-state index is 15.7. The zero-order valence-corrected chi connectivity index (χ0v) is 33.0. The molecule has 0 spiro atoms. The van der Waals surface area contributed by atoms with Crippen molar-refractivity contribution in [3.8, 4) is 5.75 Å². The molecule has 6 atom stereocenters. The monoisotopic (exact) mass is 744 g/mol. The van der Waals surface area contributed by atoms with Gasteiger partial charge in [-0.2, -0.15) is 4.31 Å². The van der Waals surface area contributed by atoms with Crippen LogP contribution in [0, 0.1) is 29.0 Å². The van der Waals surface area contributed by atoms with Crippen molar-refractivity contribution in [3.05, 3.63) is 63.9 Å². The average Bonchev–Trinajstić information content (AvgIpc) is 3.45. The fraction of sp³-hybridized carbons (Fsp3) is 0.675. The van der Waals surface area contributed by atoms with Gasteiger partial charge in [-0.05, 0) is 105 Å². The molecule has 2 aromatic carbocycles. The molecule has 5 unspecified atom stereocenters. The van der Waals surface area contributed by atoms with Crippen LogP contribution in [0.2, 0.25) is 5.02 Å². The number of sulfonamides is 1. The first-order chi connectivity index (χ1) is 24.0. The standard InChI is InChI=1S/C40H58ClFN4O4S/c1-39(2,3)22-32(25-44(4)5)45(26-33-34(41)12-13-36(50-6)37(33)42)23-27-9-7-10-28(17-27)24-46-35(14-16-51(46,48)49)38(47)43-40-15-8-11-30-18-29(20-40)19-31(30)21-40/h7,9-10,12-13,17,29-32,35H,8,11,14-16,18-26H2,1-6H3,(H,43,47)/t29?,30?,31?,32-,35?,40?/m0/s1. The van der Waals surface area contributed by atoms with Gasteiger partial charge in [0.2, 0.25) is 15.9 Å². The highest BCUT2D eigenvalue weighted by Gasteiger charge is 2.52. The van der Waals surface area contributed by atoms with Crippen LogP contribution in [0.5, 0.6) is 5.75 Å². The van der Waals surface area contributed by atoms with Crippen LogP contribution in [-0.2, 0) is 34.5 Å². The maximum Gasteiger partial charge on any atom is 0.238 e. The Morgan fingerprint density at radius 2 is 1.84 bits per heavy atom. The molecular weight excluding hydrogens is 687 g/mol. The Balaban J connectivity index is 1.24. The quantitative estimate of drug-likeness (QED) is 0.233. The lowest BCUT2D eigenvalue weighted by Gasteiger charge is -2.42. The number of carbonyl (C=O) groups is 1. The van der Waals surface area contributed by atoms with Crippen molar-refractivity contribution in [2.24, 2.45) is 23.2 Å². The van der Waals surface area contributed by atoms with Gasteiger partial charge in [0.05, 0.1) is 12.9 Å². The van der Waals surface area contributed by atoms with Gasteiger partial charge in [-0.1, -0.05) is 69.5 Å². The van der Waals surface area contributed by atoms with Crippen molar-refractivity contribution >= 4 is 27.5 Å². The zero-order chi connectivity index (χ0) is 36.7. The number of ether oxygens (including phenoxy) is 1. The van der Waals surface area contributed by atoms with Gasteiger partial charge in [0.25, 0.3) is 0 Å². The molecule has 8 nitrogen and oxygen atoms in total. The van der Waals surface area contributed by atoms with E-state index in [-0.39, 0.29) is 47.5 Å². The highest BCUT2D eigenvalue weighted by molar-refractivity contribution is 7.89. The summed E-state index contributed by atoms with van der Waals surface area (Å²) in [5.41, 5.74) is 2.00. The van der Waals surface area contributed by atoms with Gasteiger partial charge in [-0.25, -0.2) is 12.8 Å². The number of nitrogens with zero attached hydrogens (tertiary/aromatic N) is 3. The molecule has 4 aliphatic rings. The molecule has 1 heterocycles. The van der Waals surface area contributed by atoms with Crippen LogP contribution in [0.1, 0.15) is 95.2 Å². The van der Waals surface area contributed by atoms with Crippen molar-refractivity contribution in [1.82, 2.24) is 19.4 Å². The van der Waals surface area contributed by atoms with Crippen LogP contribution in [0.25, 0.3) is 0 Å². The lowest BCUT2D eigenvalue weighted by molar-refractivity contribution is -0.127. The third kappa shape index (κ3) is 8.94. The first kappa shape index (κ1) is 38.5. The lowest BCUT2D eigenvalue weighted by Crippen LogP contribution is -2.56. The predicted molar refractivity (Wildman–Crippen MR) is 201 cm³/mol. The molecule has 0 radical (unpaired) electrons. The van der Waals surface area contributed by atoms with Crippen molar-refractivity contribution in [2.45, 2.75) is 116 Å². The minimum Gasteiger partial charge on any atom is -0.494 e. The predicted octanol–water partition coefficient (Wildman–Crippen LogP) is 7.24. The number of halogens is 2. The molecule has 1 N–H and O–H groups in total. The van der Waals surface area contributed by atoms with Gasteiger partial charge >= 0.3 is 0 Å². The van der Waals surface area contributed by atoms with E-state index in [1.807, 2.05) is 38.4 Å². The van der Waals surface area contributed by atoms with Gasteiger partial charge in [-0.15, -0.1) is 0 Å². The average molecular weight is 745 g/mol. The summed E-state index contributed by atoms with van der Waals surface area (Å²) in [7, 11) is 1.93. The number of hydrogen-bond donors (Lipinski definition) is 1. The molecule has 1 saturated heterocycles. The number of nitrogens with one attached hydrogen (secondary N) is 1. The molecule has 3 saturated carbocycles. The second-order valence-electron chi connectivity index (χ2n) is 17.5. The molecule has 2 aromatic rings. The van der Waals surface area contributed by atoms with Crippen molar-refractivity contribution < 1.29 is 22.3 Å². The van der Waals surface area contributed by atoms with E-state index in [2.05, 4.69) is 35.9 Å². The number of likely N-dealkylation sites (N-methyl/N-ethyl adjacent to an activating group) is 1. The molecular formula is C40H58ClFN4O4S. The van der Waals surface area contributed by atoms with Gasteiger partial charge < -0.3 is 15.0 Å². The number of carbonyl (C=O) groups excluding carboxylic acids is 1. The number of fused-ring (bicyclic) bond motifs is 2. The van der Waals surface area contributed by atoms with E-state index in [1.54, 1.807) is 12.1 Å². The third-order valence-electron chi connectivity index (χ3n) is 11.9. The van der Waals surface area contributed by atoms with Gasteiger partial charge in [0.1, 0.15) is 6.04 Å². The van der Waals surface area contributed by atoms with Gasteiger partial charge in [0.15, 0.2) is 11.6 Å². The minimum absolute atomic E-state index is 0.00637. The molecule has 51 heavy (non-hydrogen) atoms. The summed E-state index contributed by atoms with van der Waals surface area (Å²) in [6.45, 7) is 8.29. The number of rotatable bonds is 13. The van der Waals surface area contributed by atoms with Crippen LogP contribution < -0.4 is 10.1 Å². The highest BCUT2D eigenvalue weighted by Crippen LogP contribution is 2.55. The smallest absolute Gasteiger partial charge is 0.238 e. The minimum atomic E-state index is -3.60. The SMILES string of the molecule is COc1ccc(Cl)c(CN(Cc2cccc(CN3C(C(=O)NC45CCCC6CC(CC6C4)C5)CCS3(=O)=O)c2)[C@H](CN(C)C)CC(C)(C)C)c1F. The van der Waals surface area contributed by atoms with Crippen LogP contribution in [0.4, 0.5) is 4.39 Å². The summed E-state index contributed by atoms with van der Waals surface area (Å²) >= 11 is 6.61. The Bertz CT molecular complexity index is 1680. The Hall–Kier alpha value is -2.24. The topological polar surface area (TPSA) is 82.2 Å². The summed E-state index contributed by atoms with van der Waals surface area (Å²) in [5, 5.41) is 3.82. The summed E-state index contributed by atoms with van der Waals surface area (Å²) in [6, 6.07) is 10.5. The first-order valence-electron chi connectivity index (χ1n) is 18.8. The third-order valence-corrected chi connectivity index (χ3v) is 14.1. The number of hydrogen-bond acceptors (Lipinski definition) is 6. The molecule has 282 valence electrons. The van der Waals surface area contributed by atoms with E-state index < -0.39 is 21.9 Å². The molecule has 11 heteroatoms. The fourth-order valence-electron chi connectivity index (χ4n) is 9.92. The van der Waals surface area contributed by atoms with Crippen molar-refractivity contribution in [2.75, 3.05) is 33.5 Å². The van der Waals surface area contributed by atoms with E-state index in [1.165, 1.54) is 30.7 Å². The highest BCUT2D eigenvalue weighted by atomic mass is 35.5. The largest absolute Gasteiger partial charge is 0.494 e. The van der Waals surface area contributed by atoms with Crippen molar-refractivity contribution in [1.29, 1.82) is 0 Å². The van der Waals surface area contributed by atoms with Crippen molar-refractivity contribution in [3.63, 3.8) is 0 Å². The summed E-state index contributed by atoms with van der Waals surface area (Å²) < 4.78 is 49.4. The first-order valence-corrected chi connectivity index (χ1v) is 20.8. The Labute approximate surface area is 310 Å². The summed E-state index contributed by atoms with van der Waals surface area (Å²) in [5.74, 6) is 1.69. The zero-order valence-electron chi connectivity index (χ0n) is 31.4. The normalized spacial score (nSPS) is 28.0. The van der Waals surface area contributed by atoms with E-state index in [4.69, 9.17) is 16.3 Å². The second-order valence-corrected chi connectivity index (χ2v) is 20.0. The Kier molecular flexibility index (Phi) is 11.5. The summed E-state index contributed by atoms with van der Waals surface area (Å²) in [6.07, 6.45) is 9.18. The van der Waals surface area contributed by atoms with Gasteiger partial charge in [-0.3, -0.25) is 9.69 Å². The molecule has 3 aliphatic carbocycles. The van der Waals surface area contributed by atoms with Crippen LogP contribution >= 0.6 is 11.6 Å². The maximum atomic E-state index is 15.7. The van der Waals surface area contributed by atoms with Crippen LogP contribution in [0.3, 0.4) is 0 Å². The van der Waals surface area contributed by atoms with E-state index in [9.17, 15) is 13.2 Å². The molecule has 6 rings (SSSR count).